The fourth-order valence-electron chi connectivity index (χ4n) is 2.13. The Hall–Kier alpha value is -2.22. The van der Waals surface area contributed by atoms with Crippen molar-refractivity contribution in [2.75, 3.05) is 11.9 Å². The zero-order valence-corrected chi connectivity index (χ0v) is 10.9. The third kappa shape index (κ3) is 3.02. The molecule has 0 amide bonds. The second-order valence-electron chi connectivity index (χ2n) is 4.64. The quantitative estimate of drug-likeness (QED) is 0.623. The van der Waals surface area contributed by atoms with Crippen molar-refractivity contribution in [1.82, 2.24) is 4.98 Å². The van der Waals surface area contributed by atoms with Gasteiger partial charge in [-0.3, -0.25) is 10.1 Å². The first-order chi connectivity index (χ1) is 9.49. The van der Waals surface area contributed by atoms with E-state index in [0.717, 1.165) is 25.1 Å². The molecule has 2 N–H and O–H groups in total. The van der Waals surface area contributed by atoms with Crippen LogP contribution in [0, 0.1) is 10.1 Å². The summed E-state index contributed by atoms with van der Waals surface area (Å²) >= 11 is 0. The molecule has 8 heteroatoms. The van der Waals surface area contributed by atoms with E-state index in [4.69, 9.17) is 9.84 Å². The third-order valence-corrected chi connectivity index (χ3v) is 3.20. The number of hydrogen-bond acceptors (Lipinski definition) is 6. The van der Waals surface area contributed by atoms with Gasteiger partial charge in [0.15, 0.2) is 0 Å². The van der Waals surface area contributed by atoms with Crippen LogP contribution in [-0.2, 0) is 4.74 Å². The molecule has 2 rings (SSSR count). The van der Waals surface area contributed by atoms with E-state index in [2.05, 4.69) is 10.3 Å². The molecule has 108 valence electrons. The number of aromatic carboxylic acids is 1. The van der Waals surface area contributed by atoms with Gasteiger partial charge in [-0.25, -0.2) is 9.78 Å². The number of carboxylic acid groups (broad SMARTS) is 1. The molecule has 0 spiro atoms. The average Bonchev–Trinajstić information content (AvgIpc) is 2.92. The Bertz CT molecular complexity index is 528. The maximum Gasteiger partial charge on any atom is 0.337 e. The Kier molecular flexibility index (Phi) is 4.14. The van der Waals surface area contributed by atoms with Crippen molar-refractivity contribution in [1.29, 1.82) is 0 Å². The lowest BCUT2D eigenvalue weighted by atomic mass is 10.1. The number of hydrogen-bond donors (Lipinski definition) is 2. The van der Waals surface area contributed by atoms with Crippen LogP contribution in [0.2, 0.25) is 0 Å². The first-order valence-corrected chi connectivity index (χ1v) is 6.25. The van der Waals surface area contributed by atoms with Crippen molar-refractivity contribution in [2.45, 2.75) is 31.9 Å². The largest absolute Gasteiger partial charge is 0.478 e. The van der Waals surface area contributed by atoms with Crippen molar-refractivity contribution < 1.29 is 19.6 Å². The minimum Gasteiger partial charge on any atom is -0.478 e. The lowest BCUT2D eigenvalue weighted by Gasteiger charge is -2.20. The average molecular weight is 281 g/mol. The zero-order valence-electron chi connectivity index (χ0n) is 10.9. The summed E-state index contributed by atoms with van der Waals surface area (Å²) in [6, 6.07) is 0.860. The molecule has 1 fully saturated rings. The van der Waals surface area contributed by atoms with Gasteiger partial charge in [0, 0.05) is 18.9 Å². The number of nitro groups is 1. The van der Waals surface area contributed by atoms with Gasteiger partial charge in [0.2, 0.25) is 5.82 Å². The van der Waals surface area contributed by atoms with E-state index in [1.165, 1.54) is 0 Å². The van der Waals surface area contributed by atoms with Gasteiger partial charge in [-0.2, -0.15) is 0 Å². The standard InChI is InChI=1S/C12H15N3O5/c1-7(10-3-2-4-20-10)14-11-9(15(18)19)5-8(6-13-11)12(16)17/h5-7,10H,2-4H2,1H3,(H,13,14)(H,16,17). The van der Waals surface area contributed by atoms with Gasteiger partial charge in [0.05, 0.1) is 22.6 Å². The second-order valence-corrected chi connectivity index (χ2v) is 4.64. The molecule has 1 aromatic heterocycles. The topological polar surface area (TPSA) is 115 Å². The molecule has 1 aliphatic rings. The Morgan fingerprint density at radius 1 is 1.70 bits per heavy atom. The third-order valence-electron chi connectivity index (χ3n) is 3.20. The molecule has 2 unspecified atom stereocenters. The molecule has 0 radical (unpaired) electrons. The normalized spacial score (nSPS) is 19.6. The van der Waals surface area contributed by atoms with E-state index >= 15 is 0 Å². The van der Waals surface area contributed by atoms with Crippen LogP contribution < -0.4 is 5.32 Å². The number of nitrogens with one attached hydrogen (secondary N) is 1. The molecule has 1 saturated heterocycles. The molecule has 20 heavy (non-hydrogen) atoms. The van der Waals surface area contributed by atoms with Crippen LogP contribution in [0.1, 0.15) is 30.1 Å². The Labute approximate surface area is 114 Å². The van der Waals surface area contributed by atoms with Gasteiger partial charge < -0.3 is 15.2 Å². The SMILES string of the molecule is CC(Nc1ncc(C(=O)O)cc1[N+](=O)[O-])C1CCCO1. The summed E-state index contributed by atoms with van der Waals surface area (Å²) in [7, 11) is 0. The van der Waals surface area contributed by atoms with Crippen LogP contribution in [0.5, 0.6) is 0 Å². The number of pyridine rings is 1. The highest BCUT2D eigenvalue weighted by Gasteiger charge is 2.26. The van der Waals surface area contributed by atoms with Gasteiger partial charge in [0.25, 0.3) is 0 Å². The van der Waals surface area contributed by atoms with Gasteiger partial charge in [0.1, 0.15) is 0 Å². The summed E-state index contributed by atoms with van der Waals surface area (Å²) in [5.41, 5.74) is -0.568. The Balaban J connectivity index is 2.21. The molecule has 0 aliphatic carbocycles. The molecule has 0 aromatic carbocycles. The number of carboxylic acids is 1. The summed E-state index contributed by atoms with van der Waals surface area (Å²) in [5, 5.41) is 22.8. The Morgan fingerprint density at radius 3 is 3.00 bits per heavy atom. The van der Waals surface area contributed by atoms with E-state index in [9.17, 15) is 14.9 Å². The van der Waals surface area contributed by atoms with E-state index in [0.29, 0.717) is 6.61 Å². The molecular weight excluding hydrogens is 266 g/mol. The summed E-state index contributed by atoms with van der Waals surface area (Å²) in [5.74, 6) is -1.19. The molecule has 1 aromatic rings. The van der Waals surface area contributed by atoms with E-state index in [1.54, 1.807) is 0 Å². The predicted octanol–water partition coefficient (Wildman–Crippen LogP) is 1.67. The molecule has 2 atom stereocenters. The van der Waals surface area contributed by atoms with Crippen molar-refractivity contribution in [3.8, 4) is 0 Å². The Morgan fingerprint density at radius 2 is 2.45 bits per heavy atom. The summed E-state index contributed by atoms with van der Waals surface area (Å²) in [6.07, 6.45) is 2.93. The van der Waals surface area contributed by atoms with E-state index < -0.39 is 10.9 Å². The molecule has 1 aliphatic heterocycles. The summed E-state index contributed by atoms with van der Waals surface area (Å²) < 4.78 is 5.49. The van der Waals surface area contributed by atoms with E-state index in [-0.39, 0.29) is 29.2 Å². The summed E-state index contributed by atoms with van der Waals surface area (Å²) in [6.45, 7) is 2.54. The number of rotatable bonds is 5. The van der Waals surface area contributed by atoms with Crippen molar-refractivity contribution >= 4 is 17.5 Å². The van der Waals surface area contributed by atoms with Crippen molar-refractivity contribution in [3.05, 3.63) is 27.9 Å². The van der Waals surface area contributed by atoms with Crippen molar-refractivity contribution in [2.24, 2.45) is 0 Å². The lowest BCUT2D eigenvalue weighted by molar-refractivity contribution is -0.384. The van der Waals surface area contributed by atoms with Crippen LogP contribution in [0.15, 0.2) is 12.3 Å². The van der Waals surface area contributed by atoms with Crippen LogP contribution in [0.25, 0.3) is 0 Å². The van der Waals surface area contributed by atoms with Crippen LogP contribution in [0.3, 0.4) is 0 Å². The molecule has 0 saturated carbocycles. The maximum atomic E-state index is 11.0. The predicted molar refractivity (Wildman–Crippen MR) is 69.9 cm³/mol. The number of nitrogens with zero attached hydrogens (tertiary/aromatic N) is 2. The lowest BCUT2D eigenvalue weighted by Crippen LogP contribution is -2.30. The van der Waals surface area contributed by atoms with Crippen LogP contribution in [-0.4, -0.2) is 39.7 Å². The van der Waals surface area contributed by atoms with Crippen LogP contribution in [0.4, 0.5) is 11.5 Å². The zero-order chi connectivity index (χ0) is 14.7. The number of anilines is 1. The first kappa shape index (κ1) is 14.2. The van der Waals surface area contributed by atoms with Gasteiger partial charge in [-0.05, 0) is 19.8 Å². The molecule has 0 bridgehead atoms. The van der Waals surface area contributed by atoms with E-state index in [1.807, 2.05) is 6.92 Å². The minimum absolute atomic E-state index is 0.0180. The number of aromatic nitrogens is 1. The fraction of sp³-hybridized carbons (Fsp3) is 0.500. The highest BCUT2D eigenvalue weighted by atomic mass is 16.6. The van der Waals surface area contributed by atoms with Crippen LogP contribution >= 0.6 is 0 Å². The van der Waals surface area contributed by atoms with Crippen molar-refractivity contribution in [3.63, 3.8) is 0 Å². The maximum absolute atomic E-state index is 11.0. The van der Waals surface area contributed by atoms with Gasteiger partial charge in [-0.15, -0.1) is 0 Å². The first-order valence-electron chi connectivity index (χ1n) is 6.25. The highest BCUT2D eigenvalue weighted by Crippen LogP contribution is 2.25. The molecule has 8 nitrogen and oxygen atoms in total. The number of carbonyl (C=O) groups is 1. The number of ether oxygens (including phenoxy) is 1. The fourth-order valence-corrected chi connectivity index (χ4v) is 2.13. The smallest absolute Gasteiger partial charge is 0.337 e. The molecular formula is C12H15N3O5. The molecule has 2 heterocycles. The van der Waals surface area contributed by atoms with Gasteiger partial charge in [-0.1, -0.05) is 0 Å². The minimum atomic E-state index is -1.25. The highest BCUT2D eigenvalue weighted by molar-refractivity contribution is 5.88. The van der Waals surface area contributed by atoms with Gasteiger partial charge >= 0.3 is 11.7 Å². The monoisotopic (exact) mass is 281 g/mol. The second kappa shape index (κ2) is 5.83. The summed E-state index contributed by atoms with van der Waals surface area (Å²) in [4.78, 5) is 25.0.